The maximum absolute atomic E-state index is 4.44. The fourth-order valence-electron chi connectivity index (χ4n) is 2.87. The molecule has 2 aromatic heterocycles. The molecule has 1 unspecified atom stereocenters. The normalized spacial score (nSPS) is 19.6. The molecule has 3 rings (SSSR count). The summed E-state index contributed by atoms with van der Waals surface area (Å²) in [4.78, 5) is 11.4. The van der Waals surface area contributed by atoms with Gasteiger partial charge in [-0.25, -0.2) is 9.97 Å². The van der Waals surface area contributed by atoms with Crippen LogP contribution in [0.5, 0.6) is 0 Å². The van der Waals surface area contributed by atoms with Gasteiger partial charge in [0.25, 0.3) is 0 Å². The van der Waals surface area contributed by atoms with E-state index in [1.165, 1.54) is 24.1 Å². The number of aryl methyl sites for hydroxylation is 1. The molecule has 20 heavy (non-hydrogen) atoms. The second-order valence-electron chi connectivity index (χ2n) is 5.40. The van der Waals surface area contributed by atoms with Gasteiger partial charge in [-0.1, -0.05) is 6.92 Å². The Hall–Kier alpha value is -1.75. The Labute approximate surface area is 119 Å². The van der Waals surface area contributed by atoms with Gasteiger partial charge < -0.3 is 0 Å². The third-order valence-corrected chi connectivity index (χ3v) is 3.86. The van der Waals surface area contributed by atoms with Gasteiger partial charge in [0.1, 0.15) is 5.82 Å². The van der Waals surface area contributed by atoms with Gasteiger partial charge in [-0.3, -0.25) is 10.00 Å². The van der Waals surface area contributed by atoms with E-state index in [0.717, 1.165) is 31.8 Å². The van der Waals surface area contributed by atoms with Crippen LogP contribution in [-0.2, 0) is 13.0 Å². The molecule has 5 heteroatoms. The highest BCUT2D eigenvalue weighted by molar-refractivity contribution is 5.10. The highest BCUT2D eigenvalue weighted by Gasteiger charge is 2.26. The van der Waals surface area contributed by atoms with Crippen molar-refractivity contribution in [2.45, 2.75) is 45.2 Å². The number of likely N-dealkylation sites (tertiary alicyclic amines) is 1. The molecule has 0 amide bonds. The highest BCUT2D eigenvalue weighted by Crippen LogP contribution is 2.31. The predicted octanol–water partition coefficient (Wildman–Crippen LogP) is 2.49. The van der Waals surface area contributed by atoms with Crippen LogP contribution in [0, 0.1) is 0 Å². The molecule has 1 aliphatic rings. The number of nitrogens with zero attached hydrogens (tertiary/aromatic N) is 4. The molecule has 1 atom stereocenters. The van der Waals surface area contributed by atoms with E-state index in [4.69, 9.17) is 0 Å². The van der Waals surface area contributed by atoms with Crippen molar-refractivity contribution in [3.63, 3.8) is 0 Å². The summed E-state index contributed by atoms with van der Waals surface area (Å²) in [5, 5.41) is 7.16. The van der Waals surface area contributed by atoms with Crippen LogP contribution in [0.4, 0.5) is 0 Å². The summed E-state index contributed by atoms with van der Waals surface area (Å²) >= 11 is 0. The minimum atomic E-state index is 0.452. The number of aromatic amines is 1. The third-order valence-electron chi connectivity index (χ3n) is 3.86. The topological polar surface area (TPSA) is 57.7 Å². The Morgan fingerprint density at radius 3 is 2.90 bits per heavy atom. The molecule has 2 aromatic rings. The number of hydrogen-bond donors (Lipinski definition) is 1. The number of hydrogen-bond acceptors (Lipinski definition) is 4. The summed E-state index contributed by atoms with van der Waals surface area (Å²) in [5.41, 5.74) is 2.40. The summed E-state index contributed by atoms with van der Waals surface area (Å²) in [5.74, 6) is 0.947. The summed E-state index contributed by atoms with van der Waals surface area (Å²) in [6, 6.07) is 2.52. The van der Waals surface area contributed by atoms with Gasteiger partial charge in [0.05, 0.1) is 11.7 Å². The van der Waals surface area contributed by atoms with Crippen LogP contribution >= 0.6 is 0 Å². The average molecular weight is 271 g/mol. The number of H-pyrrole nitrogens is 1. The van der Waals surface area contributed by atoms with Gasteiger partial charge >= 0.3 is 0 Å². The lowest BCUT2D eigenvalue weighted by Crippen LogP contribution is -2.23. The summed E-state index contributed by atoms with van der Waals surface area (Å²) in [6.45, 7) is 4.19. The van der Waals surface area contributed by atoms with Crippen molar-refractivity contribution in [1.82, 2.24) is 25.1 Å². The lowest BCUT2D eigenvalue weighted by atomic mass is 10.1. The molecule has 0 spiro atoms. The van der Waals surface area contributed by atoms with Gasteiger partial charge in [0, 0.05) is 37.1 Å². The first kappa shape index (κ1) is 13.2. The third kappa shape index (κ3) is 2.88. The van der Waals surface area contributed by atoms with Crippen molar-refractivity contribution in [3.8, 4) is 0 Å². The van der Waals surface area contributed by atoms with E-state index in [1.54, 1.807) is 0 Å². The Balaban J connectivity index is 1.67. The van der Waals surface area contributed by atoms with Crippen molar-refractivity contribution in [3.05, 3.63) is 41.7 Å². The molecule has 3 heterocycles. The lowest BCUT2D eigenvalue weighted by Gasteiger charge is -2.23. The number of nitrogens with one attached hydrogen (secondary N) is 1. The monoisotopic (exact) mass is 271 g/mol. The molecule has 0 radical (unpaired) electrons. The average Bonchev–Trinajstić information content (AvgIpc) is 3.12. The van der Waals surface area contributed by atoms with Gasteiger partial charge in [-0.2, -0.15) is 5.10 Å². The maximum Gasteiger partial charge on any atom is 0.128 e. The van der Waals surface area contributed by atoms with Crippen LogP contribution in [-0.4, -0.2) is 31.6 Å². The Morgan fingerprint density at radius 2 is 2.20 bits per heavy atom. The van der Waals surface area contributed by atoms with Gasteiger partial charge in [0.2, 0.25) is 0 Å². The molecule has 0 aromatic carbocycles. The fraction of sp³-hybridized carbons (Fsp3) is 0.533. The maximum atomic E-state index is 4.44. The zero-order chi connectivity index (χ0) is 13.8. The van der Waals surface area contributed by atoms with Crippen LogP contribution in [0.1, 0.15) is 49.3 Å². The molecule has 0 bridgehead atoms. The number of aromatic nitrogens is 4. The first-order valence-electron chi connectivity index (χ1n) is 7.40. The number of rotatable bonds is 5. The minimum Gasteiger partial charge on any atom is -0.290 e. The van der Waals surface area contributed by atoms with Crippen LogP contribution in [0.15, 0.2) is 24.7 Å². The Kier molecular flexibility index (Phi) is 4.06. The van der Waals surface area contributed by atoms with Crippen molar-refractivity contribution >= 4 is 0 Å². The van der Waals surface area contributed by atoms with E-state index in [0.29, 0.717) is 6.04 Å². The van der Waals surface area contributed by atoms with E-state index in [2.05, 4.69) is 38.1 Å². The summed E-state index contributed by atoms with van der Waals surface area (Å²) in [7, 11) is 0. The molecular weight excluding hydrogens is 250 g/mol. The molecule has 106 valence electrons. The first-order valence-corrected chi connectivity index (χ1v) is 7.40. The van der Waals surface area contributed by atoms with Crippen molar-refractivity contribution in [2.24, 2.45) is 0 Å². The second-order valence-corrected chi connectivity index (χ2v) is 5.40. The largest absolute Gasteiger partial charge is 0.290 e. The molecule has 1 saturated heterocycles. The quantitative estimate of drug-likeness (QED) is 0.907. The van der Waals surface area contributed by atoms with Gasteiger partial charge in [0.15, 0.2) is 0 Å². The first-order chi connectivity index (χ1) is 9.86. The van der Waals surface area contributed by atoms with Gasteiger partial charge in [-0.15, -0.1) is 0 Å². The predicted molar refractivity (Wildman–Crippen MR) is 77.0 cm³/mol. The molecule has 1 aliphatic heterocycles. The SMILES string of the molecule is CCCc1ncc(CN2CCCC2c2ccn[nH]2)cn1. The van der Waals surface area contributed by atoms with E-state index >= 15 is 0 Å². The van der Waals surface area contributed by atoms with Crippen molar-refractivity contribution in [2.75, 3.05) is 6.54 Å². The van der Waals surface area contributed by atoms with E-state index in [1.807, 2.05) is 18.6 Å². The molecule has 0 aliphatic carbocycles. The van der Waals surface area contributed by atoms with Crippen molar-refractivity contribution in [1.29, 1.82) is 0 Å². The lowest BCUT2D eigenvalue weighted by molar-refractivity contribution is 0.243. The zero-order valence-electron chi connectivity index (χ0n) is 11.9. The summed E-state index contributed by atoms with van der Waals surface area (Å²) in [6.07, 6.45) is 10.2. The van der Waals surface area contributed by atoms with Crippen molar-refractivity contribution < 1.29 is 0 Å². The standard InChI is InChI=1S/C15H21N5/c1-2-4-15-16-9-12(10-17-15)11-20-8-3-5-14(20)13-6-7-18-19-13/h6-7,9-10,14H,2-5,8,11H2,1H3,(H,18,19). The summed E-state index contributed by atoms with van der Waals surface area (Å²) < 4.78 is 0. The molecule has 0 saturated carbocycles. The smallest absolute Gasteiger partial charge is 0.128 e. The second kappa shape index (κ2) is 6.13. The molecule has 1 N–H and O–H groups in total. The van der Waals surface area contributed by atoms with Gasteiger partial charge in [-0.05, 0) is 31.9 Å². The van der Waals surface area contributed by atoms with E-state index < -0.39 is 0 Å². The minimum absolute atomic E-state index is 0.452. The van der Waals surface area contributed by atoms with E-state index in [9.17, 15) is 0 Å². The molecule has 5 nitrogen and oxygen atoms in total. The fourth-order valence-corrected chi connectivity index (χ4v) is 2.87. The van der Waals surface area contributed by atoms with Crippen LogP contribution in [0.25, 0.3) is 0 Å². The van der Waals surface area contributed by atoms with Crippen LogP contribution < -0.4 is 0 Å². The van der Waals surface area contributed by atoms with Crippen LogP contribution in [0.3, 0.4) is 0 Å². The molecule has 1 fully saturated rings. The molecular formula is C15H21N5. The Morgan fingerprint density at radius 1 is 1.35 bits per heavy atom. The highest BCUT2D eigenvalue weighted by atomic mass is 15.2. The van der Waals surface area contributed by atoms with E-state index in [-0.39, 0.29) is 0 Å². The van der Waals surface area contributed by atoms with Crippen LogP contribution in [0.2, 0.25) is 0 Å². The Bertz CT molecular complexity index is 520. The zero-order valence-corrected chi connectivity index (χ0v) is 11.9.